The van der Waals surface area contributed by atoms with E-state index in [1.807, 2.05) is 36.9 Å². The van der Waals surface area contributed by atoms with Crippen LogP contribution in [0.3, 0.4) is 0 Å². The predicted octanol–water partition coefficient (Wildman–Crippen LogP) is 2.04. The Morgan fingerprint density at radius 3 is 2.32 bits per heavy atom. The van der Waals surface area contributed by atoms with Crippen molar-refractivity contribution in [2.24, 2.45) is 0 Å². The Labute approximate surface area is 165 Å². The highest BCUT2D eigenvalue weighted by Crippen LogP contribution is 2.21. The molecule has 2 heterocycles. The standard InChI is InChI=1S/C19H25N5O3S/c1-3-20-19(25)22-16-6-9-18(21-14-16)23-10-12-24(13-11-23)28(26,27)17-7-4-15(2)5-8-17/h4-9,14H,3,10-13H2,1-2H3,(H2,20,22,25). The third-order valence-electron chi connectivity index (χ3n) is 4.56. The van der Waals surface area contributed by atoms with Crippen molar-refractivity contribution in [1.82, 2.24) is 14.6 Å². The molecule has 1 aromatic carbocycles. The van der Waals surface area contributed by atoms with E-state index in [1.54, 1.807) is 24.4 Å². The van der Waals surface area contributed by atoms with E-state index < -0.39 is 10.0 Å². The van der Waals surface area contributed by atoms with Crippen molar-refractivity contribution in [3.63, 3.8) is 0 Å². The minimum Gasteiger partial charge on any atom is -0.354 e. The van der Waals surface area contributed by atoms with Gasteiger partial charge in [-0.25, -0.2) is 18.2 Å². The molecule has 1 saturated heterocycles. The highest BCUT2D eigenvalue weighted by molar-refractivity contribution is 7.89. The van der Waals surface area contributed by atoms with Crippen molar-refractivity contribution in [2.75, 3.05) is 42.9 Å². The number of aryl methyl sites for hydroxylation is 1. The van der Waals surface area contributed by atoms with Crippen LogP contribution in [-0.4, -0.2) is 56.5 Å². The summed E-state index contributed by atoms with van der Waals surface area (Å²) in [5.41, 5.74) is 1.63. The number of benzene rings is 1. The molecule has 1 aliphatic rings. The zero-order chi connectivity index (χ0) is 20.1. The van der Waals surface area contributed by atoms with E-state index in [4.69, 9.17) is 0 Å². The van der Waals surface area contributed by atoms with Gasteiger partial charge in [0, 0.05) is 32.7 Å². The summed E-state index contributed by atoms with van der Waals surface area (Å²) in [5.74, 6) is 0.758. The Morgan fingerprint density at radius 1 is 1.07 bits per heavy atom. The molecule has 8 nitrogen and oxygen atoms in total. The van der Waals surface area contributed by atoms with Gasteiger partial charge in [-0.3, -0.25) is 0 Å². The molecule has 9 heteroatoms. The Balaban J connectivity index is 1.60. The van der Waals surface area contributed by atoms with E-state index in [9.17, 15) is 13.2 Å². The van der Waals surface area contributed by atoms with Gasteiger partial charge < -0.3 is 15.5 Å². The van der Waals surface area contributed by atoms with Crippen LogP contribution in [0.4, 0.5) is 16.3 Å². The Kier molecular flexibility index (Phi) is 6.15. The van der Waals surface area contributed by atoms with Crippen LogP contribution < -0.4 is 15.5 Å². The number of urea groups is 1. The van der Waals surface area contributed by atoms with Crippen molar-refractivity contribution in [3.05, 3.63) is 48.2 Å². The summed E-state index contributed by atoms with van der Waals surface area (Å²) < 4.78 is 27.1. The summed E-state index contributed by atoms with van der Waals surface area (Å²) in [6.07, 6.45) is 1.60. The number of piperazine rings is 1. The van der Waals surface area contributed by atoms with E-state index in [0.717, 1.165) is 11.4 Å². The van der Waals surface area contributed by atoms with Gasteiger partial charge in [0.1, 0.15) is 5.82 Å². The number of rotatable bonds is 5. The maximum atomic E-state index is 12.8. The lowest BCUT2D eigenvalue weighted by Gasteiger charge is -2.34. The number of sulfonamides is 1. The molecule has 1 aliphatic heterocycles. The average molecular weight is 404 g/mol. The van der Waals surface area contributed by atoms with Crippen LogP contribution in [0.25, 0.3) is 0 Å². The van der Waals surface area contributed by atoms with Crippen LogP contribution in [0, 0.1) is 6.92 Å². The van der Waals surface area contributed by atoms with Gasteiger partial charge in [-0.05, 0) is 38.1 Å². The third-order valence-corrected chi connectivity index (χ3v) is 6.48. The van der Waals surface area contributed by atoms with Gasteiger partial charge in [0.15, 0.2) is 0 Å². The SMILES string of the molecule is CCNC(=O)Nc1ccc(N2CCN(S(=O)(=O)c3ccc(C)cc3)CC2)nc1. The number of nitrogens with one attached hydrogen (secondary N) is 2. The summed E-state index contributed by atoms with van der Waals surface area (Å²) in [7, 11) is -3.48. The highest BCUT2D eigenvalue weighted by atomic mass is 32.2. The second-order valence-corrected chi connectivity index (χ2v) is 8.53. The van der Waals surface area contributed by atoms with Crippen molar-refractivity contribution in [3.8, 4) is 0 Å². The molecule has 0 unspecified atom stereocenters. The lowest BCUT2D eigenvalue weighted by Crippen LogP contribution is -2.48. The largest absolute Gasteiger partial charge is 0.354 e. The molecule has 150 valence electrons. The number of nitrogens with zero attached hydrogens (tertiary/aromatic N) is 3. The van der Waals surface area contributed by atoms with Crippen LogP contribution >= 0.6 is 0 Å². The molecule has 2 aromatic rings. The molecule has 0 bridgehead atoms. The Bertz CT molecular complexity index is 906. The predicted molar refractivity (Wildman–Crippen MR) is 109 cm³/mol. The smallest absolute Gasteiger partial charge is 0.319 e. The van der Waals surface area contributed by atoms with Crippen LogP contribution in [0.5, 0.6) is 0 Å². The van der Waals surface area contributed by atoms with E-state index >= 15 is 0 Å². The molecule has 0 atom stereocenters. The van der Waals surface area contributed by atoms with E-state index in [1.165, 1.54) is 4.31 Å². The van der Waals surface area contributed by atoms with Crippen LogP contribution in [0.1, 0.15) is 12.5 Å². The number of carbonyl (C=O) groups excluding carboxylic acids is 1. The second-order valence-electron chi connectivity index (χ2n) is 6.59. The fourth-order valence-electron chi connectivity index (χ4n) is 3.00. The van der Waals surface area contributed by atoms with Gasteiger partial charge in [0.25, 0.3) is 0 Å². The molecular weight excluding hydrogens is 378 g/mol. The van der Waals surface area contributed by atoms with Crippen molar-refractivity contribution >= 4 is 27.6 Å². The van der Waals surface area contributed by atoms with E-state index in [0.29, 0.717) is 43.3 Å². The number of hydrogen-bond acceptors (Lipinski definition) is 5. The van der Waals surface area contributed by atoms with Gasteiger partial charge in [0.2, 0.25) is 10.0 Å². The fourth-order valence-corrected chi connectivity index (χ4v) is 4.42. The Morgan fingerprint density at radius 2 is 1.75 bits per heavy atom. The molecule has 2 N–H and O–H groups in total. The van der Waals surface area contributed by atoms with Gasteiger partial charge in [-0.1, -0.05) is 17.7 Å². The van der Waals surface area contributed by atoms with Gasteiger partial charge in [0.05, 0.1) is 16.8 Å². The van der Waals surface area contributed by atoms with Crippen LogP contribution in [0.15, 0.2) is 47.5 Å². The van der Waals surface area contributed by atoms with Crippen molar-refractivity contribution < 1.29 is 13.2 Å². The summed E-state index contributed by atoms with van der Waals surface area (Å²) in [6.45, 7) is 6.24. The first-order chi connectivity index (χ1) is 13.4. The molecule has 0 aliphatic carbocycles. The number of aromatic nitrogens is 1. The molecule has 2 amide bonds. The molecule has 0 saturated carbocycles. The summed E-state index contributed by atoms with van der Waals surface area (Å²) in [4.78, 5) is 18.3. The number of pyridine rings is 1. The topological polar surface area (TPSA) is 94.6 Å². The summed E-state index contributed by atoms with van der Waals surface area (Å²) in [5, 5.41) is 5.36. The number of anilines is 2. The minimum atomic E-state index is -3.48. The number of carbonyl (C=O) groups is 1. The monoisotopic (exact) mass is 403 g/mol. The van der Waals surface area contributed by atoms with Gasteiger partial charge >= 0.3 is 6.03 Å². The summed E-state index contributed by atoms with van der Waals surface area (Å²) >= 11 is 0. The second kappa shape index (κ2) is 8.57. The lowest BCUT2D eigenvalue weighted by atomic mass is 10.2. The third kappa shape index (κ3) is 4.60. The number of hydrogen-bond donors (Lipinski definition) is 2. The van der Waals surface area contributed by atoms with E-state index in [-0.39, 0.29) is 6.03 Å². The van der Waals surface area contributed by atoms with E-state index in [2.05, 4.69) is 15.6 Å². The molecule has 28 heavy (non-hydrogen) atoms. The maximum Gasteiger partial charge on any atom is 0.319 e. The fraction of sp³-hybridized carbons (Fsp3) is 0.368. The normalized spacial score (nSPS) is 15.3. The zero-order valence-corrected chi connectivity index (χ0v) is 16.9. The molecule has 0 spiro atoms. The van der Waals surface area contributed by atoms with Crippen LogP contribution in [-0.2, 0) is 10.0 Å². The average Bonchev–Trinajstić information content (AvgIpc) is 2.69. The molecular formula is C19H25N5O3S. The van der Waals surface area contributed by atoms with Crippen molar-refractivity contribution in [2.45, 2.75) is 18.7 Å². The molecule has 0 radical (unpaired) electrons. The summed E-state index contributed by atoms with van der Waals surface area (Å²) in [6, 6.07) is 10.3. The maximum absolute atomic E-state index is 12.8. The highest BCUT2D eigenvalue weighted by Gasteiger charge is 2.28. The quantitative estimate of drug-likeness (QED) is 0.797. The first-order valence-corrected chi connectivity index (χ1v) is 10.7. The minimum absolute atomic E-state index is 0.271. The van der Waals surface area contributed by atoms with Gasteiger partial charge in [-0.15, -0.1) is 0 Å². The van der Waals surface area contributed by atoms with Crippen molar-refractivity contribution in [1.29, 1.82) is 0 Å². The lowest BCUT2D eigenvalue weighted by molar-refractivity contribution is 0.252. The Hall–Kier alpha value is -2.65. The molecule has 1 aromatic heterocycles. The molecule has 3 rings (SSSR count). The molecule has 1 fully saturated rings. The number of amides is 2. The first kappa shape index (κ1) is 20.1. The van der Waals surface area contributed by atoms with Gasteiger partial charge in [-0.2, -0.15) is 4.31 Å². The first-order valence-electron chi connectivity index (χ1n) is 9.23. The van der Waals surface area contributed by atoms with Crippen LogP contribution in [0.2, 0.25) is 0 Å². The zero-order valence-electron chi connectivity index (χ0n) is 16.1.